The van der Waals surface area contributed by atoms with Gasteiger partial charge in [0.2, 0.25) is 0 Å². The zero-order chi connectivity index (χ0) is 8.48. The van der Waals surface area contributed by atoms with Gasteiger partial charge in [-0.2, -0.15) is 0 Å². The first-order chi connectivity index (χ1) is 5.12. The Morgan fingerprint density at radius 3 is 2.55 bits per heavy atom. The van der Waals surface area contributed by atoms with E-state index in [2.05, 4.69) is 20.8 Å². The SMILES string of the molecule is CCC(C)CC1(O)CC1CC. The molecule has 1 heteroatoms. The van der Waals surface area contributed by atoms with Crippen LogP contribution < -0.4 is 0 Å². The van der Waals surface area contributed by atoms with Gasteiger partial charge in [-0.25, -0.2) is 0 Å². The summed E-state index contributed by atoms with van der Waals surface area (Å²) in [5.41, 5.74) is -0.260. The van der Waals surface area contributed by atoms with Gasteiger partial charge >= 0.3 is 0 Å². The van der Waals surface area contributed by atoms with E-state index in [-0.39, 0.29) is 5.60 Å². The topological polar surface area (TPSA) is 20.2 Å². The number of hydrogen-bond acceptors (Lipinski definition) is 1. The minimum atomic E-state index is -0.260. The van der Waals surface area contributed by atoms with Crippen LogP contribution >= 0.6 is 0 Å². The van der Waals surface area contributed by atoms with Gasteiger partial charge in [-0.15, -0.1) is 0 Å². The number of hydrogen-bond donors (Lipinski definition) is 1. The summed E-state index contributed by atoms with van der Waals surface area (Å²) < 4.78 is 0. The monoisotopic (exact) mass is 156 g/mol. The van der Waals surface area contributed by atoms with Crippen molar-refractivity contribution in [1.29, 1.82) is 0 Å². The van der Waals surface area contributed by atoms with Gasteiger partial charge in [-0.1, -0.05) is 33.6 Å². The largest absolute Gasteiger partial charge is 0.390 e. The van der Waals surface area contributed by atoms with Crippen LogP contribution in [0.5, 0.6) is 0 Å². The molecule has 0 saturated heterocycles. The van der Waals surface area contributed by atoms with E-state index in [0.717, 1.165) is 19.3 Å². The third-order valence-electron chi connectivity index (χ3n) is 3.09. The van der Waals surface area contributed by atoms with E-state index >= 15 is 0 Å². The highest BCUT2D eigenvalue weighted by atomic mass is 16.3. The summed E-state index contributed by atoms with van der Waals surface area (Å²) in [5.74, 6) is 1.30. The smallest absolute Gasteiger partial charge is 0.0683 e. The summed E-state index contributed by atoms with van der Waals surface area (Å²) >= 11 is 0. The molecule has 0 bridgehead atoms. The molecule has 1 nitrogen and oxygen atoms in total. The molecule has 0 aromatic rings. The highest BCUT2D eigenvalue weighted by Crippen LogP contribution is 2.49. The molecule has 0 amide bonds. The first kappa shape index (κ1) is 9.05. The maximum absolute atomic E-state index is 9.89. The van der Waals surface area contributed by atoms with Gasteiger partial charge in [-0.3, -0.25) is 0 Å². The highest BCUT2D eigenvalue weighted by molar-refractivity contribution is 5.02. The molecule has 1 fully saturated rings. The summed E-state index contributed by atoms with van der Waals surface area (Å²) in [6.45, 7) is 6.58. The second kappa shape index (κ2) is 3.14. The fraction of sp³-hybridized carbons (Fsp3) is 1.00. The molecule has 0 aliphatic heterocycles. The second-order valence-corrected chi connectivity index (χ2v) is 4.13. The minimum Gasteiger partial charge on any atom is -0.390 e. The van der Waals surface area contributed by atoms with Crippen molar-refractivity contribution >= 4 is 0 Å². The molecule has 0 aromatic carbocycles. The third kappa shape index (κ3) is 1.96. The van der Waals surface area contributed by atoms with Crippen molar-refractivity contribution in [2.75, 3.05) is 0 Å². The molecule has 0 radical (unpaired) electrons. The van der Waals surface area contributed by atoms with Crippen molar-refractivity contribution < 1.29 is 5.11 Å². The van der Waals surface area contributed by atoms with Crippen LogP contribution in [-0.2, 0) is 0 Å². The van der Waals surface area contributed by atoms with Crippen LogP contribution in [0.3, 0.4) is 0 Å². The van der Waals surface area contributed by atoms with Gasteiger partial charge in [0.15, 0.2) is 0 Å². The van der Waals surface area contributed by atoms with Gasteiger partial charge in [0.25, 0.3) is 0 Å². The lowest BCUT2D eigenvalue weighted by Gasteiger charge is -2.14. The molecule has 11 heavy (non-hydrogen) atoms. The molecule has 1 aliphatic rings. The molecular weight excluding hydrogens is 136 g/mol. The Balaban J connectivity index is 2.27. The summed E-state index contributed by atoms with van der Waals surface area (Å²) in [6, 6.07) is 0. The molecule has 1 aliphatic carbocycles. The average molecular weight is 156 g/mol. The standard InChI is InChI=1S/C10H20O/c1-4-8(3)6-10(11)7-9(10)5-2/h8-9,11H,4-7H2,1-3H3. The lowest BCUT2D eigenvalue weighted by atomic mass is 9.98. The van der Waals surface area contributed by atoms with Gasteiger partial charge in [-0.05, 0) is 24.7 Å². The lowest BCUT2D eigenvalue weighted by Crippen LogP contribution is -2.15. The van der Waals surface area contributed by atoms with Crippen molar-refractivity contribution in [3.8, 4) is 0 Å². The van der Waals surface area contributed by atoms with Gasteiger partial charge in [0.1, 0.15) is 0 Å². The van der Waals surface area contributed by atoms with Crippen LogP contribution in [0.1, 0.15) is 46.5 Å². The molecule has 3 atom stereocenters. The fourth-order valence-electron chi connectivity index (χ4n) is 1.89. The Hall–Kier alpha value is -0.0400. The Morgan fingerprint density at radius 2 is 2.18 bits per heavy atom. The van der Waals surface area contributed by atoms with Crippen LogP contribution in [0.15, 0.2) is 0 Å². The first-order valence-corrected chi connectivity index (χ1v) is 4.84. The normalized spacial score (nSPS) is 38.7. The molecule has 1 rings (SSSR count). The molecule has 0 heterocycles. The number of aliphatic hydroxyl groups is 1. The number of rotatable bonds is 4. The van der Waals surface area contributed by atoms with Crippen molar-refractivity contribution in [3.05, 3.63) is 0 Å². The third-order valence-corrected chi connectivity index (χ3v) is 3.09. The zero-order valence-corrected chi connectivity index (χ0v) is 7.93. The van der Waals surface area contributed by atoms with E-state index in [1.54, 1.807) is 0 Å². The van der Waals surface area contributed by atoms with Crippen molar-refractivity contribution in [3.63, 3.8) is 0 Å². The molecular formula is C10H20O. The Bertz CT molecular complexity index is 133. The van der Waals surface area contributed by atoms with Crippen LogP contribution in [0.2, 0.25) is 0 Å². The predicted octanol–water partition coefficient (Wildman–Crippen LogP) is 2.58. The quantitative estimate of drug-likeness (QED) is 0.663. The van der Waals surface area contributed by atoms with Crippen LogP contribution in [0, 0.1) is 11.8 Å². The lowest BCUT2D eigenvalue weighted by molar-refractivity contribution is 0.102. The highest BCUT2D eigenvalue weighted by Gasteiger charge is 2.51. The maximum Gasteiger partial charge on any atom is 0.0683 e. The van der Waals surface area contributed by atoms with Crippen LogP contribution in [0.4, 0.5) is 0 Å². The molecule has 1 saturated carbocycles. The van der Waals surface area contributed by atoms with E-state index in [1.807, 2.05) is 0 Å². The summed E-state index contributed by atoms with van der Waals surface area (Å²) in [4.78, 5) is 0. The molecule has 3 unspecified atom stereocenters. The Labute approximate surface area is 69.8 Å². The van der Waals surface area contributed by atoms with E-state index in [9.17, 15) is 5.11 Å². The first-order valence-electron chi connectivity index (χ1n) is 4.84. The molecule has 1 N–H and O–H groups in total. The molecule has 66 valence electrons. The van der Waals surface area contributed by atoms with Gasteiger partial charge in [0, 0.05) is 0 Å². The molecule has 0 aromatic heterocycles. The van der Waals surface area contributed by atoms with Crippen molar-refractivity contribution in [1.82, 2.24) is 0 Å². The van der Waals surface area contributed by atoms with Crippen LogP contribution in [0.25, 0.3) is 0 Å². The Morgan fingerprint density at radius 1 is 1.55 bits per heavy atom. The predicted molar refractivity (Wildman–Crippen MR) is 47.4 cm³/mol. The van der Waals surface area contributed by atoms with E-state index in [0.29, 0.717) is 11.8 Å². The van der Waals surface area contributed by atoms with E-state index < -0.39 is 0 Å². The molecule has 0 spiro atoms. The van der Waals surface area contributed by atoms with Crippen molar-refractivity contribution in [2.45, 2.75) is 52.1 Å². The van der Waals surface area contributed by atoms with E-state index in [1.165, 1.54) is 6.42 Å². The van der Waals surface area contributed by atoms with Crippen LogP contribution in [-0.4, -0.2) is 10.7 Å². The summed E-state index contributed by atoms with van der Waals surface area (Å²) in [7, 11) is 0. The maximum atomic E-state index is 9.89. The summed E-state index contributed by atoms with van der Waals surface area (Å²) in [5, 5.41) is 9.89. The average Bonchev–Trinajstić information content (AvgIpc) is 2.61. The summed E-state index contributed by atoms with van der Waals surface area (Å²) in [6.07, 6.45) is 4.40. The fourth-order valence-corrected chi connectivity index (χ4v) is 1.89. The minimum absolute atomic E-state index is 0.260. The van der Waals surface area contributed by atoms with E-state index in [4.69, 9.17) is 0 Å². The Kier molecular flexibility index (Phi) is 2.58. The zero-order valence-electron chi connectivity index (χ0n) is 7.93. The van der Waals surface area contributed by atoms with Crippen molar-refractivity contribution in [2.24, 2.45) is 11.8 Å². The second-order valence-electron chi connectivity index (χ2n) is 4.13. The van der Waals surface area contributed by atoms with Gasteiger partial charge in [0.05, 0.1) is 5.60 Å². The van der Waals surface area contributed by atoms with Gasteiger partial charge < -0.3 is 5.11 Å².